The molecule has 0 saturated carbocycles. The van der Waals surface area contributed by atoms with E-state index in [2.05, 4.69) is 9.69 Å². The lowest BCUT2D eigenvalue weighted by Crippen LogP contribution is -2.23. The second-order valence-corrected chi connectivity index (χ2v) is 3.86. The largest absolute Gasteiger partial charge is 0.383 e. The molecule has 3 N–H and O–H groups in total. The Labute approximate surface area is 93.0 Å². The molecular weight excluding hydrogens is 212 g/mol. The molecule has 0 aliphatic heterocycles. The highest BCUT2D eigenvalue weighted by atomic mass is 32.1. The molecule has 0 bridgehead atoms. The molecule has 0 amide bonds. The van der Waals surface area contributed by atoms with Gasteiger partial charge in [-0.2, -0.15) is 9.64 Å². The number of nitrogens with one attached hydrogen (secondary N) is 1. The van der Waals surface area contributed by atoms with Crippen LogP contribution in [0, 0.1) is 11.3 Å². The van der Waals surface area contributed by atoms with Gasteiger partial charge in [0, 0.05) is 7.11 Å². The van der Waals surface area contributed by atoms with Gasteiger partial charge in [0.15, 0.2) is 5.82 Å². The predicted molar refractivity (Wildman–Crippen MR) is 60.8 cm³/mol. The van der Waals surface area contributed by atoms with Crippen LogP contribution < -0.4 is 11.1 Å². The average molecular weight is 226 g/mol. The van der Waals surface area contributed by atoms with Crippen molar-refractivity contribution >= 4 is 22.4 Å². The first-order chi connectivity index (χ1) is 7.22. The van der Waals surface area contributed by atoms with E-state index in [1.54, 1.807) is 7.11 Å². The predicted octanol–water partition coefficient (Wildman–Crippen LogP) is 1.43. The van der Waals surface area contributed by atoms with Crippen molar-refractivity contribution in [3.8, 4) is 6.07 Å². The summed E-state index contributed by atoms with van der Waals surface area (Å²) >= 11 is 1.21. The minimum atomic E-state index is 0.182. The van der Waals surface area contributed by atoms with Crippen molar-refractivity contribution in [2.45, 2.75) is 19.4 Å². The Balaban J connectivity index is 2.75. The van der Waals surface area contributed by atoms with E-state index in [4.69, 9.17) is 15.7 Å². The number of anilines is 2. The van der Waals surface area contributed by atoms with Crippen LogP contribution in [-0.2, 0) is 4.74 Å². The van der Waals surface area contributed by atoms with E-state index in [9.17, 15) is 0 Å². The molecule has 0 fully saturated rings. The van der Waals surface area contributed by atoms with Crippen LogP contribution in [0.1, 0.15) is 18.9 Å². The molecule has 1 rings (SSSR count). The molecule has 0 radical (unpaired) electrons. The third-order valence-corrected chi connectivity index (χ3v) is 2.82. The summed E-state index contributed by atoms with van der Waals surface area (Å²) in [7, 11) is 1.65. The Morgan fingerprint density at radius 1 is 1.73 bits per heavy atom. The number of aromatic nitrogens is 1. The van der Waals surface area contributed by atoms with E-state index in [0.717, 1.165) is 11.4 Å². The fraction of sp³-hybridized carbons (Fsp3) is 0.556. The minimum absolute atomic E-state index is 0.182. The highest BCUT2D eigenvalue weighted by Crippen LogP contribution is 2.26. The maximum absolute atomic E-state index is 8.87. The van der Waals surface area contributed by atoms with E-state index >= 15 is 0 Å². The van der Waals surface area contributed by atoms with E-state index < -0.39 is 0 Å². The second-order valence-electron chi connectivity index (χ2n) is 3.09. The van der Waals surface area contributed by atoms with Crippen LogP contribution in [0.3, 0.4) is 0 Å². The summed E-state index contributed by atoms with van der Waals surface area (Å²) in [4.78, 5) is 0. The van der Waals surface area contributed by atoms with Crippen molar-refractivity contribution in [3.63, 3.8) is 0 Å². The van der Waals surface area contributed by atoms with E-state index in [1.165, 1.54) is 11.5 Å². The molecule has 82 valence electrons. The van der Waals surface area contributed by atoms with Gasteiger partial charge in [-0.05, 0) is 18.0 Å². The minimum Gasteiger partial charge on any atom is -0.383 e. The number of nitrogens with zero attached hydrogens (tertiary/aromatic N) is 2. The molecule has 1 unspecified atom stereocenters. The van der Waals surface area contributed by atoms with Gasteiger partial charge in [0.25, 0.3) is 0 Å². The molecule has 0 aliphatic carbocycles. The summed E-state index contributed by atoms with van der Waals surface area (Å²) in [5.41, 5.74) is 5.97. The SMILES string of the molecule is CCC(COC)Nc1snc(N)c1C#N. The van der Waals surface area contributed by atoms with Gasteiger partial charge >= 0.3 is 0 Å². The summed E-state index contributed by atoms with van der Waals surface area (Å²) in [6.07, 6.45) is 0.913. The third-order valence-electron chi connectivity index (χ3n) is 2.03. The van der Waals surface area contributed by atoms with E-state index in [1.807, 2.05) is 13.0 Å². The maximum Gasteiger partial charge on any atom is 0.157 e. The zero-order valence-electron chi connectivity index (χ0n) is 8.78. The molecule has 15 heavy (non-hydrogen) atoms. The maximum atomic E-state index is 8.87. The standard InChI is InChI=1S/C9H14N4OS/c1-3-6(5-14-2)12-9-7(4-10)8(11)13-15-9/h6,12H,3,5H2,1-2H3,(H2,11,13). The van der Waals surface area contributed by atoms with Crippen LogP contribution in [-0.4, -0.2) is 24.1 Å². The lowest BCUT2D eigenvalue weighted by atomic mass is 10.2. The van der Waals surface area contributed by atoms with Gasteiger partial charge < -0.3 is 15.8 Å². The van der Waals surface area contributed by atoms with Gasteiger partial charge in [-0.3, -0.25) is 0 Å². The van der Waals surface area contributed by atoms with Crippen molar-refractivity contribution in [2.24, 2.45) is 0 Å². The Morgan fingerprint density at radius 3 is 3.00 bits per heavy atom. The summed E-state index contributed by atoms with van der Waals surface area (Å²) in [6, 6.07) is 2.22. The number of nitriles is 1. The van der Waals surface area contributed by atoms with Gasteiger partial charge in [-0.15, -0.1) is 0 Å². The van der Waals surface area contributed by atoms with Gasteiger partial charge in [0.2, 0.25) is 0 Å². The summed E-state index contributed by atoms with van der Waals surface area (Å²) < 4.78 is 8.98. The van der Waals surface area contributed by atoms with Crippen molar-refractivity contribution in [1.29, 1.82) is 5.26 Å². The average Bonchev–Trinajstić information content (AvgIpc) is 2.58. The number of nitrogens with two attached hydrogens (primary N) is 1. The third kappa shape index (κ3) is 2.81. The molecule has 0 aliphatic rings. The first kappa shape index (κ1) is 11.8. The number of rotatable bonds is 5. The molecular formula is C9H14N4OS. The Bertz CT molecular complexity index is 357. The second kappa shape index (κ2) is 5.53. The molecule has 0 saturated heterocycles. The van der Waals surface area contributed by atoms with Crippen molar-refractivity contribution in [2.75, 3.05) is 24.8 Å². The van der Waals surface area contributed by atoms with Gasteiger partial charge in [-0.25, -0.2) is 0 Å². The molecule has 6 heteroatoms. The molecule has 1 aromatic rings. The number of ether oxygens (including phenoxy) is 1. The number of hydrogen-bond donors (Lipinski definition) is 2. The fourth-order valence-electron chi connectivity index (χ4n) is 1.16. The van der Waals surface area contributed by atoms with E-state index in [0.29, 0.717) is 12.2 Å². The Hall–Kier alpha value is -1.32. The van der Waals surface area contributed by atoms with Crippen LogP contribution in [0.25, 0.3) is 0 Å². The lowest BCUT2D eigenvalue weighted by Gasteiger charge is -2.15. The van der Waals surface area contributed by atoms with Crippen molar-refractivity contribution in [1.82, 2.24) is 4.37 Å². The van der Waals surface area contributed by atoms with Crippen LogP contribution >= 0.6 is 11.5 Å². The monoisotopic (exact) mass is 226 g/mol. The summed E-state index contributed by atoms with van der Waals surface area (Å²) in [5, 5.41) is 12.8. The van der Waals surface area contributed by atoms with Crippen LogP contribution in [0.4, 0.5) is 10.8 Å². The zero-order valence-corrected chi connectivity index (χ0v) is 9.60. The zero-order chi connectivity index (χ0) is 11.3. The van der Waals surface area contributed by atoms with E-state index in [-0.39, 0.29) is 11.9 Å². The lowest BCUT2D eigenvalue weighted by molar-refractivity contribution is 0.184. The molecule has 0 spiro atoms. The summed E-state index contributed by atoms with van der Waals surface area (Å²) in [5.74, 6) is 0.289. The molecule has 1 heterocycles. The van der Waals surface area contributed by atoms with Crippen LogP contribution in [0.2, 0.25) is 0 Å². The van der Waals surface area contributed by atoms with Gasteiger partial charge in [0.05, 0.1) is 12.6 Å². The summed E-state index contributed by atoms with van der Waals surface area (Å²) in [6.45, 7) is 2.65. The number of nitrogen functional groups attached to an aromatic ring is 1. The van der Waals surface area contributed by atoms with Gasteiger partial charge in [-0.1, -0.05) is 6.92 Å². The van der Waals surface area contributed by atoms with Gasteiger partial charge in [0.1, 0.15) is 16.6 Å². The number of hydrogen-bond acceptors (Lipinski definition) is 6. The first-order valence-electron chi connectivity index (χ1n) is 4.63. The highest BCUT2D eigenvalue weighted by molar-refractivity contribution is 7.10. The highest BCUT2D eigenvalue weighted by Gasteiger charge is 2.14. The topological polar surface area (TPSA) is 84.0 Å². The molecule has 0 aromatic carbocycles. The first-order valence-corrected chi connectivity index (χ1v) is 5.41. The van der Waals surface area contributed by atoms with Crippen molar-refractivity contribution in [3.05, 3.63) is 5.56 Å². The molecule has 1 atom stereocenters. The smallest absolute Gasteiger partial charge is 0.157 e. The number of methoxy groups -OCH3 is 1. The van der Waals surface area contributed by atoms with Crippen LogP contribution in [0.5, 0.6) is 0 Å². The fourth-order valence-corrected chi connectivity index (χ4v) is 1.90. The van der Waals surface area contributed by atoms with Crippen molar-refractivity contribution < 1.29 is 4.74 Å². The molecule has 5 nitrogen and oxygen atoms in total. The molecule has 1 aromatic heterocycles. The van der Waals surface area contributed by atoms with Crippen LogP contribution in [0.15, 0.2) is 0 Å². The normalized spacial score (nSPS) is 12.1. The quantitative estimate of drug-likeness (QED) is 0.793. The Kier molecular flexibility index (Phi) is 4.34. The Morgan fingerprint density at radius 2 is 2.47 bits per heavy atom.